The molecule has 7 nitrogen and oxygen atoms in total. The SMILES string of the molecule is CCCCN(CC(=O)N(Cc1ccco1)CC1CCCO1)C(=O)COc1ccc(Cl)cc1. The largest absolute Gasteiger partial charge is 0.484 e. The molecule has 32 heavy (non-hydrogen) atoms. The van der Waals surface area contributed by atoms with Gasteiger partial charge in [0.1, 0.15) is 11.5 Å². The Morgan fingerprint density at radius 1 is 1.16 bits per heavy atom. The zero-order valence-electron chi connectivity index (χ0n) is 18.5. The molecule has 2 amide bonds. The molecule has 0 bridgehead atoms. The first-order chi connectivity index (χ1) is 15.5. The van der Waals surface area contributed by atoms with E-state index in [0.29, 0.717) is 36.2 Å². The number of amides is 2. The van der Waals surface area contributed by atoms with Gasteiger partial charge >= 0.3 is 0 Å². The minimum absolute atomic E-state index is 0.00373. The number of carbonyl (C=O) groups excluding carboxylic acids is 2. The average Bonchev–Trinajstić information content (AvgIpc) is 3.50. The van der Waals surface area contributed by atoms with Crippen LogP contribution >= 0.6 is 11.6 Å². The van der Waals surface area contributed by atoms with Crippen LogP contribution < -0.4 is 4.74 Å². The van der Waals surface area contributed by atoms with Crippen molar-refractivity contribution in [2.24, 2.45) is 0 Å². The summed E-state index contributed by atoms with van der Waals surface area (Å²) in [6.07, 6.45) is 5.26. The first-order valence-electron chi connectivity index (χ1n) is 11.1. The molecule has 174 valence electrons. The molecule has 0 saturated carbocycles. The Balaban J connectivity index is 1.62. The second kappa shape index (κ2) is 12.5. The number of hydrogen-bond donors (Lipinski definition) is 0. The molecule has 3 rings (SSSR count). The van der Waals surface area contributed by atoms with E-state index in [-0.39, 0.29) is 31.1 Å². The number of benzene rings is 1. The molecule has 0 spiro atoms. The highest BCUT2D eigenvalue weighted by Crippen LogP contribution is 2.17. The highest BCUT2D eigenvalue weighted by Gasteiger charge is 2.26. The van der Waals surface area contributed by atoms with Gasteiger partial charge in [-0.05, 0) is 55.7 Å². The number of carbonyl (C=O) groups is 2. The fraction of sp³-hybridized carbons (Fsp3) is 0.500. The van der Waals surface area contributed by atoms with Crippen LogP contribution in [0, 0.1) is 0 Å². The van der Waals surface area contributed by atoms with E-state index >= 15 is 0 Å². The molecule has 0 aliphatic carbocycles. The topological polar surface area (TPSA) is 72.2 Å². The minimum atomic E-state index is -0.225. The molecule has 2 heterocycles. The molecule has 1 atom stereocenters. The van der Waals surface area contributed by atoms with E-state index in [2.05, 4.69) is 6.92 Å². The van der Waals surface area contributed by atoms with Crippen LogP contribution in [0.25, 0.3) is 0 Å². The van der Waals surface area contributed by atoms with Crippen LogP contribution in [0.2, 0.25) is 5.02 Å². The Morgan fingerprint density at radius 2 is 1.97 bits per heavy atom. The smallest absolute Gasteiger partial charge is 0.260 e. The third kappa shape index (κ3) is 7.57. The third-order valence-corrected chi connectivity index (χ3v) is 5.62. The van der Waals surface area contributed by atoms with E-state index < -0.39 is 0 Å². The molecular weight excluding hydrogens is 432 g/mol. The standard InChI is InChI=1S/C24H31ClN2O5/c1-2-3-12-26(24(29)18-32-20-10-8-19(25)9-11-20)17-23(28)27(15-21-6-4-13-30-21)16-22-7-5-14-31-22/h4,6,8-11,13,22H,2-3,5,7,12,14-18H2,1H3. The summed E-state index contributed by atoms with van der Waals surface area (Å²) in [4.78, 5) is 29.4. The maximum absolute atomic E-state index is 13.2. The van der Waals surface area contributed by atoms with Gasteiger partial charge in [-0.15, -0.1) is 0 Å². The van der Waals surface area contributed by atoms with Gasteiger partial charge in [0.25, 0.3) is 5.91 Å². The van der Waals surface area contributed by atoms with Gasteiger partial charge in [0.2, 0.25) is 5.91 Å². The van der Waals surface area contributed by atoms with E-state index in [1.165, 1.54) is 0 Å². The van der Waals surface area contributed by atoms with Crippen molar-refractivity contribution >= 4 is 23.4 Å². The van der Waals surface area contributed by atoms with Gasteiger partial charge in [-0.2, -0.15) is 0 Å². The number of furan rings is 1. The Kier molecular flexibility index (Phi) is 9.43. The van der Waals surface area contributed by atoms with Crippen LogP contribution in [-0.4, -0.2) is 60.6 Å². The van der Waals surface area contributed by atoms with Crippen LogP contribution in [0.3, 0.4) is 0 Å². The lowest BCUT2D eigenvalue weighted by molar-refractivity contribution is -0.143. The summed E-state index contributed by atoms with van der Waals surface area (Å²) in [5, 5.41) is 0.599. The Bertz CT molecular complexity index is 835. The number of nitrogens with zero attached hydrogens (tertiary/aromatic N) is 2. The second-order valence-electron chi connectivity index (χ2n) is 7.90. The molecule has 1 saturated heterocycles. The summed E-state index contributed by atoms with van der Waals surface area (Å²) in [5.41, 5.74) is 0. The lowest BCUT2D eigenvalue weighted by atomic mass is 10.2. The van der Waals surface area contributed by atoms with E-state index in [4.69, 9.17) is 25.5 Å². The van der Waals surface area contributed by atoms with Gasteiger partial charge in [-0.25, -0.2) is 0 Å². The van der Waals surface area contributed by atoms with Crippen molar-refractivity contribution < 1.29 is 23.5 Å². The zero-order valence-corrected chi connectivity index (χ0v) is 19.3. The number of halogens is 1. The zero-order chi connectivity index (χ0) is 22.8. The third-order valence-electron chi connectivity index (χ3n) is 5.36. The van der Waals surface area contributed by atoms with Crippen LogP contribution in [0.5, 0.6) is 5.75 Å². The average molecular weight is 463 g/mol. The van der Waals surface area contributed by atoms with Crippen molar-refractivity contribution in [2.45, 2.75) is 45.3 Å². The number of hydrogen-bond acceptors (Lipinski definition) is 5. The van der Waals surface area contributed by atoms with Gasteiger partial charge in [-0.1, -0.05) is 24.9 Å². The quantitative estimate of drug-likeness (QED) is 0.474. The van der Waals surface area contributed by atoms with Crippen molar-refractivity contribution in [3.8, 4) is 5.75 Å². The number of rotatable bonds is 12. The molecule has 0 N–H and O–H groups in total. The predicted octanol–water partition coefficient (Wildman–Crippen LogP) is 4.15. The predicted molar refractivity (Wildman–Crippen MR) is 122 cm³/mol. The van der Waals surface area contributed by atoms with Crippen molar-refractivity contribution in [3.05, 3.63) is 53.4 Å². The van der Waals surface area contributed by atoms with Crippen molar-refractivity contribution in [3.63, 3.8) is 0 Å². The fourth-order valence-electron chi connectivity index (χ4n) is 3.55. The Morgan fingerprint density at radius 3 is 2.62 bits per heavy atom. The molecule has 1 aromatic heterocycles. The van der Waals surface area contributed by atoms with Gasteiger partial charge in [0.15, 0.2) is 6.61 Å². The van der Waals surface area contributed by atoms with E-state index in [9.17, 15) is 9.59 Å². The Hall–Kier alpha value is -2.51. The maximum atomic E-state index is 13.2. The first kappa shape index (κ1) is 24.1. The summed E-state index contributed by atoms with van der Waals surface area (Å²) in [6.45, 7) is 3.96. The summed E-state index contributed by atoms with van der Waals surface area (Å²) in [7, 11) is 0. The normalized spacial score (nSPS) is 15.5. The first-order valence-corrected chi connectivity index (χ1v) is 11.5. The molecule has 1 unspecified atom stereocenters. The Labute approximate surface area is 194 Å². The van der Waals surface area contributed by atoms with Crippen LogP contribution in [0.15, 0.2) is 47.1 Å². The molecule has 1 aromatic carbocycles. The van der Waals surface area contributed by atoms with E-state index in [1.807, 2.05) is 6.07 Å². The molecule has 2 aromatic rings. The van der Waals surface area contributed by atoms with Crippen molar-refractivity contribution in [2.75, 3.05) is 32.8 Å². The van der Waals surface area contributed by atoms with Crippen molar-refractivity contribution in [1.29, 1.82) is 0 Å². The van der Waals surface area contributed by atoms with E-state index in [1.54, 1.807) is 46.4 Å². The second-order valence-corrected chi connectivity index (χ2v) is 8.34. The van der Waals surface area contributed by atoms with Crippen molar-refractivity contribution in [1.82, 2.24) is 9.80 Å². The molecule has 1 aliphatic heterocycles. The molecule has 8 heteroatoms. The summed E-state index contributed by atoms with van der Waals surface area (Å²) in [6, 6.07) is 10.5. The number of unbranched alkanes of at least 4 members (excludes halogenated alkanes) is 1. The molecule has 0 radical (unpaired) electrons. The monoisotopic (exact) mass is 462 g/mol. The lowest BCUT2D eigenvalue weighted by Crippen LogP contribution is -2.46. The van der Waals surface area contributed by atoms with Gasteiger partial charge in [0, 0.05) is 24.7 Å². The van der Waals surface area contributed by atoms with Crippen LogP contribution in [0.1, 0.15) is 38.4 Å². The van der Waals surface area contributed by atoms with Crippen LogP contribution in [-0.2, 0) is 20.9 Å². The van der Waals surface area contributed by atoms with Gasteiger partial charge in [-0.3, -0.25) is 9.59 Å². The lowest BCUT2D eigenvalue weighted by Gasteiger charge is -2.28. The van der Waals surface area contributed by atoms with Gasteiger partial charge < -0.3 is 23.7 Å². The summed E-state index contributed by atoms with van der Waals surface area (Å²) >= 11 is 5.89. The molecule has 1 fully saturated rings. The molecular formula is C24H31ClN2O5. The molecule has 1 aliphatic rings. The summed E-state index contributed by atoms with van der Waals surface area (Å²) in [5.74, 6) is 0.904. The van der Waals surface area contributed by atoms with Gasteiger partial charge in [0.05, 0.1) is 25.5 Å². The highest BCUT2D eigenvalue weighted by atomic mass is 35.5. The van der Waals surface area contributed by atoms with E-state index in [0.717, 1.165) is 32.3 Å². The fourth-order valence-corrected chi connectivity index (χ4v) is 3.68. The maximum Gasteiger partial charge on any atom is 0.260 e. The van der Waals surface area contributed by atoms with Crippen LogP contribution in [0.4, 0.5) is 0 Å². The number of ether oxygens (including phenoxy) is 2. The summed E-state index contributed by atoms with van der Waals surface area (Å²) < 4.78 is 16.8. The highest BCUT2D eigenvalue weighted by molar-refractivity contribution is 6.30. The minimum Gasteiger partial charge on any atom is -0.484 e.